The molecule has 0 amide bonds. The first-order valence-corrected chi connectivity index (χ1v) is 5.03. The summed E-state index contributed by atoms with van der Waals surface area (Å²) in [7, 11) is 0. The van der Waals surface area contributed by atoms with Gasteiger partial charge in [0, 0.05) is 24.3 Å². The van der Waals surface area contributed by atoms with Crippen LogP contribution in [0.15, 0.2) is 6.07 Å². The molecule has 4 heteroatoms. The summed E-state index contributed by atoms with van der Waals surface area (Å²) in [5, 5.41) is 6.72. The monoisotopic (exact) mass is 192 g/mol. The molecule has 1 aliphatic heterocycles. The molecule has 0 aliphatic carbocycles. The maximum Gasteiger partial charge on any atom is 0.130 e. The smallest absolute Gasteiger partial charge is 0.130 e. The number of rotatable bonds is 2. The highest BCUT2D eigenvalue weighted by Crippen LogP contribution is 2.10. The summed E-state index contributed by atoms with van der Waals surface area (Å²) in [6.45, 7) is 6.04. The summed E-state index contributed by atoms with van der Waals surface area (Å²) >= 11 is 0. The molecular weight excluding hydrogens is 176 g/mol. The van der Waals surface area contributed by atoms with Gasteiger partial charge in [0.1, 0.15) is 11.6 Å². The number of aryl methyl sites for hydroxylation is 2. The summed E-state index contributed by atoms with van der Waals surface area (Å²) in [6, 6.07) is 2.51. The Balaban J connectivity index is 2.07. The van der Waals surface area contributed by atoms with E-state index in [2.05, 4.69) is 20.6 Å². The van der Waals surface area contributed by atoms with Gasteiger partial charge < -0.3 is 10.6 Å². The molecule has 1 atom stereocenters. The molecule has 14 heavy (non-hydrogen) atoms. The Labute approximate surface area is 84.2 Å². The molecule has 0 saturated carbocycles. The SMILES string of the molecule is Cc1cc(NC2CCNC2)nc(C)n1. The van der Waals surface area contributed by atoms with Gasteiger partial charge in [-0.1, -0.05) is 0 Å². The Morgan fingerprint density at radius 1 is 1.43 bits per heavy atom. The molecule has 76 valence electrons. The van der Waals surface area contributed by atoms with Gasteiger partial charge in [0.2, 0.25) is 0 Å². The molecule has 0 spiro atoms. The van der Waals surface area contributed by atoms with Gasteiger partial charge in [0.05, 0.1) is 0 Å². The van der Waals surface area contributed by atoms with Gasteiger partial charge in [0.15, 0.2) is 0 Å². The molecule has 2 N–H and O–H groups in total. The topological polar surface area (TPSA) is 49.8 Å². The Morgan fingerprint density at radius 2 is 2.29 bits per heavy atom. The van der Waals surface area contributed by atoms with Crippen LogP contribution >= 0.6 is 0 Å². The molecule has 4 nitrogen and oxygen atoms in total. The van der Waals surface area contributed by atoms with Crippen molar-refractivity contribution in [1.29, 1.82) is 0 Å². The van der Waals surface area contributed by atoms with E-state index in [4.69, 9.17) is 0 Å². The van der Waals surface area contributed by atoms with Crippen LogP contribution in [0.3, 0.4) is 0 Å². The molecule has 2 heterocycles. The van der Waals surface area contributed by atoms with Crippen LogP contribution in [0.4, 0.5) is 5.82 Å². The summed E-state index contributed by atoms with van der Waals surface area (Å²) in [6.07, 6.45) is 1.17. The van der Waals surface area contributed by atoms with Crippen LogP contribution in [0.5, 0.6) is 0 Å². The summed E-state index contributed by atoms with van der Waals surface area (Å²) < 4.78 is 0. The fraction of sp³-hybridized carbons (Fsp3) is 0.600. The fourth-order valence-corrected chi connectivity index (χ4v) is 1.78. The van der Waals surface area contributed by atoms with E-state index in [1.54, 1.807) is 0 Å². The molecule has 1 aliphatic rings. The third kappa shape index (κ3) is 2.20. The molecule has 1 aromatic rings. The molecule has 2 rings (SSSR count). The van der Waals surface area contributed by atoms with Crippen molar-refractivity contribution in [1.82, 2.24) is 15.3 Å². The van der Waals surface area contributed by atoms with Gasteiger partial charge in [-0.25, -0.2) is 9.97 Å². The number of nitrogens with one attached hydrogen (secondary N) is 2. The van der Waals surface area contributed by atoms with Gasteiger partial charge >= 0.3 is 0 Å². The normalized spacial score (nSPS) is 21.1. The van der Waals surface area contributed by atoms with E-state index in [1.165, 1.54) is 6.42 Å². The minimum absolute atomic E-state index is 0.517. The van der Waals surface area contributed by atoms with Crippen LogP contribution < -0.4 is 10.6 Å². The van der Waals surface area contributed by atoms with E-state index in [9.17, 15) is 0 Å². The van der Waals surface area contributed by atoms with Crippen molar-refractivity contribution < 1.29 is 0 Å². The van der Waals surface area contributed by atoms with Crippen LogP contribution in [0, 0.1) is 13.8 Å². The van der Waals surface area contributed by atoms with Crippen molar-refractivity contribution in [3.63, 3.8) is 0 Å². The molecular formula is C10H16N4. The van der Waals surface area contributed by atoms with Crippen LogP contribution in [0.1, 0.15) is 17.9 Å². The third-order valence-corrected chi connectivity index (χ3v) is 2.38. The second-order valence-corrected chi connectivity index (χ2v) is 3.78. The highest BCUT2D eigenvalue weighted by Gasteiger charge is 2.14. The predicted octanol–water partition coefficient (Wildman–Crippen LogP) is 0.867. The second kappa shape index (κ2) is 3.92. The van der Waals surface area contributed by atoms with E-state index in [0.717, 1.165) is 30.4 Å². The maximum absolute atomic E-state index is 4.35. The van der Waals surface area contributed by atoms with Gasteiger partial charge in [0.25, 0.3) is 0 Å². The zero-order valence-corrected chi connectivity index (χ0v) is 8.67. The van der Waals surface area contributed by atoms with Crippen molar-refractivity contribution in [2.75, 3.05) is 18.4 Å². The van der Waals surface area contributed by atoms with Crippen molar-refractivity contribution in [2.45, 2.75) is 26.3 Å². The van der Waals surface area contributed by atoms with Gasteiger partial charge in [-0.2, -0.15) is 0 Å². The van der Waals surface area contributed by atoms with Gasteiger partial charge in [-0.15, -0.1) is 0 Å². The summed E-state index contributed by atoms with van der Waals surface area (Å²) in [5.41, 5.74) is 1.02. The lowest BCUT2D eigenvalue weighted by Gasteiger charge is -2.12. The van der Waals surface area contributed by atoms with Crippen LogP contribution in [-0.4, -0.2) is 29.1 Å². The van der Waals surface area contributed by atoms with E-state index in [1.807, 2.05) is 19.9 Å². The van der Waals surface area contributed by atoms with E-state index in [0.29, 0.717) is 6.04 Å². The van der Waals surface area contributed by atoms with Gasteiger partial charge in [-0.05, 0) is 26.8 Å². The number of aromatic nitrogens is 2. The zero-order chi connectivity index (χ0) is 9.97. The van der Waals surface area contributed by atoms with Crippen molar-refractivity contribution in [2.24, 2.45) is 0 Å². The minimum Gasteiger partial charge on any atom is -0.366 e. The highest BCUT2D eigenvalue weighted by atomic mass is 15.1. The first kappa shape index (κ1) is 9.40. The van der Waals surface area contributed by atoms with Crippen LogP contribution in [0.25, 0.3) is 0 Å². The molecule has 0 bridgehead atoms. The van der Waals surface area contributed by atoms with Crippen LogP contribution in [-0.2, 0) is 0 Å². The summed E-state index contributed by atoms with van der Waals surface area (Å²) in [5.74, 6) is 1.78. The number of anilines is 1. The maximum atomic E-state index is 4.35. The average molecular weight is 192 g/mol. The first-order chi connectivity index (χ1) is 6.74. The lowest BCUT2D eigenvalue weighted by Crippen LogP contribution is -2.23. The first-order valence-electron chi connectivity index (χ1n) is 5.03. The zero-order valence-electron chi connectivity index (χ0n) is 8.67. The van der Waals surface area contributed by atoms with E-state index in [-0.39, 0.29) is 0 Å². The van der Waals surface area contributed by atoms with Crippen LogP contribution in [0.2, 0.25) is 0 Å². The molecule has 0 radical (unpaired) electrons. The molecule has 0 aromatic carbocycles. The van der Waals surface area contributed by atoms with Crippen molar-refractivity contribution in [3.8, 4) is 0 Å². The van der Waals surface area contributed by atoms with E-state index < -0.39 is 0 Å². The highest BCUT2D eigenvalue weighted by molar-refractivity contribution is 5.37. The predicted molar refractivity (Wildman–Crippen MR) is 56.4 cm³/mol. The molecule has 1 unspecified atom stereocenters. The Morgan fingerprint density at radius 3 is 2.93 bits per heavy atom. The standard InChI is InChI=1S/C10H16N4/c1-7-5-10(13-8(2)12-7)14-9-3-4-11-6-9/h5,9,11H,3-4,6H2,1-2H3,(H,12,13,14). The fourth-order valence-electron chi connectivity index (χ4n) is 1.78. The lowest BCUT2D eigenvalue weighted by molar-refractivity contribution is 0.784. The Bertz CT molecular complexity index is 298. The Kier molecular flexibility index (Phi) is 2.63. The second-order valence-electron chi connectivity index (χ2n) is 3.78. The van der Waals surface area contributed by atoms with Crippen molar-refractivity contribution in [3.05, 3.63) is 17.6 Å². The number of hydrogen-bond donors (Lipinski definition) is 2. The molecule has 1 aromatic heterocycles. The van der Waals surface area contributed by atoms with Crippen molar-refractivity contribution >= 4 is 5.82 Å². The molecule has 1 saturated heterocycles. The quantitative estimate of drug-likeness (QED) is 0.730. The summed E-state index contributed by atoms with van der Waals surface area (Å²) in [4.78, 5) is 8.59. The lowest BCUT2D eigenvalue weighted by atomic mass is 10.2. The largest absolute Gasteiger partial charge is 0.366 e. The van der Waals surface area contributed by atoms with E-state index >= 15 is 0 Å². The number of nitrogens with zero attached hydrogens (tertiary/aromatic N) is 2. The Hall–Kier alpha value is -1.16. The molecule has 1 fully saturated rings. The minimum atomic E-state index is 0.517. The average Bonchev–Trinajstić information content (AvgIpc) is 2.54. The van der Waals surface area contributed by atoms with Gasteiger partial charge in [-0.3, -0.25) is 0 Å². The third-order valence-electron chi connectivity index (χ3n) is 2.38. The number of hydrogen-bond acceptors (Lipinski definition) is 4.